The van der Waals surface area contributed by atoms with Crippen molar-refractivity contribution in [3.05, 3.63) is 35.1 Å². The largest absolute Gasteiger partial charge is 0.387 e. The topological polar surface area (TPSA) is 32.3 Å². The fourth-order valence-corrected chi connectivity index (χ4v) is 2.07. The Morgan fingerprint density at radius 1 is 1.47 bits per heavy atom. The molecule has 1 aromatic rings. The van der Waals surface area contributed by atoms with Crippen molar-refractivity contribution in [3.63, 3.8) is 0 Å². The van der Waals surface area contributed by atoms with Gasteiger partial charge in [-0.25, -0.2) is 4.39 Å². The van der Waals surface area contributed by atoms with Gasteiger partial charge in [-0.3, -0.25) is 0 Å². The van der Waals surface area contributed by atoms with E-state index in [-0.39, 0.29) is 11.9 Å². The quantitative estimate of drug-likeness (QED) is 0.825. The molecule has 1 fully saturated rings. The van der Waals surface area contributed by atoms with Gasteiger partial charge >= 0.3 is 0 Å². The van der Waals surface area contributed by atoms with Gasteiger partial charge < -0.3 is 10.4 Å². The number of aryl methyl sites for hydroxylation is 1. The molecule has 2 rings (SSSR count). The van der Waals surface area contributed by atoms with E-state index in [0.29, 0.717) is 11.6 Å². The summed E-state index contributed by atoms with van der Waals surface area (Å²) in [5.41, 5.74) is 1.38. The molecule has 0 saturated heterocycles. The van der Waals surface area contributed by atoms with Crippen molar-refractivity contribution in [2.45, 2.75) is 51.3 Å². The van der Waals surface area contributed by atoms with Gasteiger partial charge in [-0.15, -0.1) is 0 Å². The average Bonchev–Trinajstić information content (AvgIpc) is 3.12. The third-order valence-corrected chi connectivity index (χ3v) is 3.37. The van der Waals surface area contributed by atoms with E-state index in [2.05, 4.69) is 12.2 Å². The molecule has 1 aliphatic carbocycles. The minimum atomic E-state index is -0.556. The zero-order valence-corrected chi connectivity index (χ0v) is 10.4. The Morgan fingerprint density at radius 2 is 2.18 bits per heavy atom. The minimum absolute atomic E-state index is 0.0624. The Labute approximate surface area is 102 Å². The van der Waals surface area contributed by atoms with Crippen molar-refractivity contribution in [2.24, 2.45) is 0 Å². The second-order valence-electron chi connectivity index (χ2n) is 4.91. The maximum Gasteiger partial charge on any atom is 0.126 e. The molecule has 0 bridgehead atoms. The first-order chi connectivity index (χ1) is 8.11. The van der Waals surface area contributed by atoms with Crippen molar-refractivity contribution in [2.75, 3.05) is 0 Å². The highest BCUT2D eigenvalue weighted by Gasteiger charge is 2.28. The zero-order chi connectivity index (χ0) is 12.4. The van der Waals surface area contributed by atoms with Crippen molar-refractivity contribution in [1.29, 1.82) is 0 Å². The van der Waals surface area contributed by atoms with E-state index in [1.807, 2.05) is 0 Å². The Kier molecular flexibility index (Phi) is 3.79. The molecule has 0 radical (unpaired) electrons. The predicted octanol–water partition coefficient (Wildman–Crippen LogP) is 2.70. The van der Waals surface area contributed by atoms with E-state index in [1.165, 1.54) is 18.9 Å². The van der Waals surface area contributed by atoms with Gasteiger partial charge in [0.15, 0.2) is 0 Å². The molecule has 17 heavy (non-hydrogen) atoms. The summed E-state index contributed by atoms with van der Waals surface area (Å²) in [7, 11) is 0. The molecule has 3 heteroatoms. The molecule has 1 aliphatic rings. The summed E-state index contributed by atoms with van der Waals surface area (Å²) in [6.07, 6.45) is 2.71. The molecule has 0 spiro atoms. The van der Waals surface area contributed by atoms with E-state index in [1.54, 1.807) is 19.1 Å². The lowest BCUT2D eigenvalue weighted by Gasteiger charge is -2.23. The van der Waals surface area contributed by atoms with E-state index >= 15 is 0 Å². The van der Waals surface area contributed by atoms with Crippen molar-refractivity contribution < 1.29 is 9.50 Å². The van der Waals surface area contributed by atoms with Crippen LogP contribution in [-0.2, 0) is 0 Å². The highest BCUT2D eigenvalue weighted by Crippen LogP contribution is 2.26. The van der Waals surface area contributed by atoms with Gasteiger partial charge in [-0.2, -0.15) is 0 Å². The number of hydrogen-bond acceptors (Lipinski definition) is 2. The van der Waals surface area contributed by atoms with Gasteiger partial charge in [-0.05, 0) is 43.4 Å². The number of aliphatic hydroxyl groups excluding tert-OH is 1. The lowest BCUT2D eigenvalue weighted by Crippen LogP contribution is -2.35. The summed E-state index contributed by atoms with van der Waals surface area (Å²) in [5.74, 6) is -0.218. The third-order valence-electron chi connectivity index (χ3n) is 3.37. The van der Waals surface area contributed by atoms with Crippen LogP contribution < -0.4 is 5.32 Å². The molecular weight excluding hydrogens is 217 g/mol. The highest BCUT2D eigenvalue weighted by atomic mass is 19.1. The van der Waals surface area contributed by atoms with E-state index < -0.39 is 6.10 Å². The van der Waals surface area contributed by atoms with Crippen LogP contribution in [0.25, 0.3) is 0 Å². The molecule has 1 aromatic carbocycles. The van der Waals surface area contributed by atoms with Crippen LogP contribution in [-0.4, -0.2) is 17.2 Å². The molecule has 2 atom stereocenters. The number of benzene rings is 1. The summed E-state index contributed by atoms with van der Waals surface area (Å²) < 4.78 is 13.2. The Balaban J connectivity index is 2.09. The molecule has 0 amide bonds. The molecule has 2 unspecified atom stereocenters. The normalized spacial score (nSPS) is 19.1. The molecule has 1 saturated carbocycles. The van der Waals surface area contributed by atoms with Gasteiger partial charge in [0.25, 0.3) is 0 Å². The monoisotopic (exact) mass is 237 g/mol. The number of rotatable bonds is 5. The molecule has 0 aliphatic heterocycles. The molecule has 2 N–H and O–H groups in total. The van der Waals surface area contributed by atoms with Crippen molar-refractivity contribution in [3.8, 4) is 0 Å². The van der Waals surface area contributed by atoms with Gasteiger partial charge in [-0.1, -0.05) is 19.1 Å². The van der Waals surface area contributed by atoms with Crippen LogP contribution in [0.1, 0.15) is 43.4 Å². The summed E-state index contributed by atoms with van der Waals surface area (Å²) in [5, 5.41) is 13.7. The van der Waals surface area contributed by atoms with Crippen LogP contribution in [0, 0.1) is 12.7 Å². The standard InChI is InChI=1S/C14H20FNO/c1-3-13(16-11-5-6-11)14(17)10-4-7-12(15)9(2)8-10/h4,7-8,11,13-14,16-17H,3,5-6H2,1-2H3. The SMILES string of the molecule is CCC(NC1CC1)C(O)c1ccc(F)c(C)c1. The Morgan fingerprint density at radius 3 is 2.71 bits per heavy atom. The maximum atomic E-state index is 13.2. The lowest BCUT2D eigenvalue weighted by molar-refractivity contribution is 0.125. The fourth-order valence-electron chi connectivity index (χ4n) is 2.07. The fraction of sp³-hybridized carbons (Fsp3) is 0.571. The van der Waals surface area contributed by atoms with Crippen LogP contribution in [0.3, 0.4) is 0 Å². The second kappa shape index (κ2) is 5.15. The summed E-state index contributed by atoms with van der Waals surface area (Å²) in [6, 6.07) is 5.46. The molecular formula is C14H20FNO. The highest BCUT2D eigenvalue weighted by molar-refractivity contribution is 5.26. The summed E-state index contributed by atoms with van der Waals surface area (Å²) >= 11 is 0. The Hall–Kier alpha value is -0.930. The van der Waals surface area contributed by atoms with Gasteiger partial charge in [0.2, 0.25) is 0 Å². The molecule has 0 aromatic heterocycles. The van der Waals surface area contributed by atoms with Crippen LogP contribution in [0.4, 0.5) is 4.39 Å². The average molecular weight is 237 g/mol. The molecule has 2 nitrogen and oxygen atoms in total. The molecule has 0 heterocycles. The predicted molar refractivity (Wildman–Crippen MR) is 66.3 cm³/mol. The van der Waals surface area contributed by atoms with Crippen LogP contribution in [0.5, 0.6) is 0 Å². The van der Waals surface area contributed by atoms with Gasteiger partial charge in [0.1, 0.15) is 5.82 Å². The molecule has 94 valence electrons. The van der Waals surface area contributed by atoms with E-state index in [4.69, 9.17) is 0 Å². The number of nitrogens with one attached hydrogen (secondary N) is 1. The summed E-state index contributed by atoms with van der Waals surface area (Å²) in [4.78, 5) is 0. The second-order valence-corrected chi connectivity index (χ2v) is 4.91. The first-order valence-electron chi connectivity index (χ1n) is 6.32. The van der Waals surface area contributed by atoms with Gasteiger partial charge in [0.05, 0.1) is 6.10 Å². The first kappa shape index (κ1) is 12.5. The lowest BCUT2D eigenvalue weighted by atomic mass is 9.98. The number of hydrogen-bond donors (Lipinski definition) is 2. The zero-order valence-electron chi connectivity index (χ0n) is 10.4. The van der Waals surface area contributed by atoms with Crippen LogP contribution >= 0.6 is 0 Å². The third kappa shape index (κ3) is 3.05. The minimum Gasteiger partial charge on any atom is -0.387 e. The first-order valence-corrected chi connectivity index (χ1v) is 6.32. The van der Waals surface area contributed by atoms with Crippen LogP contribution in [0.15, 0.2) is 18.2 Å². The van der Waals surface area contributed by atoms with Crippen molar-refractivity contribution >= 4 is 0 Å². The van der Waals surface area contributed by atoms with Crippen LogP contribution in [0.2, 0.25) is 0 Å². The number of aliphatic hydroxyl groups is 1. The smallest absolute Gasteiger partial charge is 0.126 e. The van der Waals surface area contributed by atoms with E-state index in [0.717, 1.165) is 12.0 Å². The Bertz CT molecular complexity index is 390. The summed E-state index contributed by atoms with van der Waals surface area (Å²) in [6.45, 7) is 3.78. The van der Waals surface area contributed by atoms with E-state index in [9.17, 15) is 9.50 Å². The number of halogens is 1. The van der Waals surface area contributed by atoms with Crippen molar-refractivity contribution in [1.82, 2.24) is 5.32 Å². The maximum absolute atomic E-state index is 13.2. The van der Waals surface area contributed by atoms with Gasteiger partial charge in [0, 0.05) is 12.1 Å².